The molecule has 67 heavy (non-hydrogen) atoms. The summed E-state index contributed by atoms with van der Waals surface area (Å²) in [7, 11) is 0. The normalized spacial score (nSPS) is 12.4. The third-order valence-corrected chi connectivity index (χ3v) is 14.2. The van der Waals surface area contributed by atoms with Crippen LogP contribution in [0.15, 0.2) is 218 Å². The van der Waals surface area contributed by atoms with Crippen LogP contribution in [0.4, 0.5) is 17.1 Å². The highest BCUT2D eigenvalue weighted by molar-refractivity contribution is 5.86. The van der Waals surface area contributed by atoms with E-state index < -0.39 is 0 Å². The highest BCUT2D eigenvalue weighted by atomic mass is 15.1. The molecular weight excluding hydrogens is 807 g/mol. The van der Waals surface area contributed by atoms with E-state index in [4.69, 9.17) is 0 Å². The van der Waals surface area contributed by atoms with Crippen LogP contribution < -0.4 is 4.90 Å². The molecule has 9 aromatic carbocycles. The van der Waals surface area contributed by atoms with Gasteiger partial charge in [-0.2, -0.15) is 0 Å². The first-order valence-corrected chi connectivity index (χ1v) is 24.5. The fraction of sp³-hybridized carbons (Fsp3) is 0.182. The number of rotatable bonds is 16. The van der Waals surface area contributed by atoms with Crippen molar-refractivity contribution in [3.8, 4) is 22.3 Å². The van der Waals surface area contributed by atoms with E-state index in [9.17, 15) is 0 Å². The molecule has 330 valence electrons. The number of anilines is 3. The summed E-state index contributed by atoms with van der Waals surface area (Å²) in [5.41, 5.74) is 23.2. The third kappa shape index (κ3) is 9.30. The van der Waals surface area contributed by atoms with Crippen LogP contribution in [-0.4, -0.2) is 0 Å². The Hall–Kier alpha value is -7.22. The van der Waals surface area contributed by atoms with Crippen LogP contribution in [-0.2, 0) is 31.1 Å². The highest BCUT2D eigenvalue weighted by Gasteiger charge is 2.45. The van der Waals surface area contributed by atoms with Crippen molar-refractivity contribution in [2.45, 2.75) is 77.6 Å². The van der Waals surface area contributed by atoms with Crippen LogP contribution in [0.3, 0.4) is 0 Å². The lowest BCUT2D eigenvalue weighted by Gasteiger charge is -2.34. The minimum Gasteiger partial charge on any atom is -0.311 e. The summed E-state index contributed by atoms with van der Waals surface area (Å²) in [6.07, 6.45) is 9.13. The van der Waals surface area contributed by atoms with Gasteiger partial charge in [0.15, 0.2) is 0 Å². The van der Waals surface area contributed by atoms with Gasteiger partial charge in [-0.25, -0.2) is 0 Å². The highest BCUT2D eigenvalue weighted by Crippen LogP contribution is 2.56. The van der Waals surface area contributed by atoms with Crippen LogP contribution in [0.2, 0.25) is 0 Å². The second kappa shape index (κ2) is 19.7. The second-order valence-corrected chi connectivity index (χ2v) is 18.9. The maximum Gasteiger partial charge on any atom is 0.0713 e. The summed E-state index contributed by atoms with van der Waals surface area (Å²) in [6, 6.07) is 82.1. The third-order valence-electron chi connectivity index (χ3n) is 14.2. The molecule has 0 atom stereocenters. The predicted octanol–water partition coefficient (Wildman–Crippen LogP) is 17.2. The number of unbranched alkanes of at least 4 members (excludes halogenated alkanes) is 2. The molecule has 1 aliphatic rings. The number of hydrogen-bond acceptors (Lipinski definition) is 1. The van der Waals surface area contributed by atoms with Gasteiger partial charge in [0.25, 0.3) is 0 Å². The summed E-state index contributed by atoms with van der Waals surface area (Å²) < 4.78 is 0. The molecular formula is C66H61N. The molecule has 0 fully saturated rings. The fourth-order valence-corrected chi connectivity index (χ4v) is 10.4. The minimum atomic E-state index is -0.372. The van der Waals surface area contributed by atoms with Gasteiger partial charge in [-0.1, -0.05) is 199 Å². The molecule has 1 nitrogen and oxygen atoms in total. The SMILES string of the molecule is Cc1ccc(CCCCc2ccc(N(c3ccc(C)cc3)c3ccc(CCCCc4ccc(-c5ccc(C6(c7ccc(C)cc7)c7ccccc7-c7ccccc76)cc5)cc4)cc3)cc2)cc1. The van der Waals surface area contributed by atoms with Crippen molar-refractivity contribution in [3.05, 3.63) is 280 Å². The Morgan fingerprint density at radius 3 is 0.985 bits per heavy atom. The van der Waals surface area contributed by atoms with Crippen LogP contribution in [0.25, 0.3) is 22.3 Å². The molecule has 0 radical (unpaired) electrons. The first-order valence-electron chi connectivity index (χ1n) is 24.5. The van der Waals surface area contributed by atoms with E-state index in [1.165, 1.54) is 113 Å². The topological polar surface area (TPSA) is 3.24 Å². The maximum absolute atomic E-state index is 2.39. The summed E-state index contributed by atoms with van der Waals surface area (Å²) in [6.45, 7) is 6.48. The molecule has 0 amide bonds. The first-order chi connectivity index (χ1) is 32.9. The largest absolute Gasteiger partial charge is 0.311 e. The van der Waals surface area contributed by atoms with Gasteiger partial charge >= 0.3 is 0 Å². The van der Waals surface area contributed by atoms with Crippen molar-refractivity contribution in [1.29, 1.82) is 0 Å². The molecule has 0 N–H and O–H groups in total. The molecule has 0 aliphatic heterocycles. The lowest BCUT2D eigenvalue weighted by Crippen LogP contribution is -2.28. The van der Waals surface area contributed by atoms with Gasteiger partial charge in [-0.15, -0.1) is 0 Å². The van der Waals surface area contributed by atoms with Gasteiger partial charge in [0.2, 0.25) is 0 Å². The lowest BCUT2D eigenvalue weighted by atomic mass is 9.67. The lowest BCUT2D eigenvalue weighted by molar-refractivity contribution is 0.734. The van der Waals surface area contributed by atoms with Crippen LogP contribution in [0, 0.1) is 20.8 Å². The fourth-order valence-electron chi connectivity index (χ4n) is 10.4. The van der Waals surface area contributed by atoms with Crippen LogP contribution in [0.5, 0.6) is 0 Å². The maximum atomic E-state index is 2.39. The van der Waals surface area contributed by atoms with Crippen molar-refractivity contribution in [2.75, 3.05) is 4.90 Å². The average Bonchev–Trinajstić information content (AvgIpc) is 3.68. The molecule has 1 heteroatoms. The molecule has 10 rings (SSSR count). The van der Waals surface area contributed by atoms with Crippen molar-refractivity contribution in [1.82, 2.24) is 0 Å². The van der Waals surface area contributed by atoms with Gasteiger partial charge in [0.05, 0.1) is 5.41 Å². The number of benzene rings is 9. The predicted molar refractivity (Wildman–Crippen MR) is 284 cm³/mol. The molecule has 0 heterocycles. The number of nitrogens with zero attached hydrogens (tertiary/aromatic N) is 1. The van der Waals surface area contributed by atoms with E-state index in [2.05, 4.69) is 244 Å². The van der Waals surface area contributed by atoms with Gasteiger partial charge in [-0.05, 0) is 175 Å². The molecule has 0 unspecified atom stereocenters. The smallest absolute Gasteiger partial charge is 0.0713 e. The van der Waals surface area contributed by atoms with E-state index >= 15 is 0 Å². The minimum absolute atomic E-state index is 0.372. The van der Waals surface area contributed by atoms with Gasteiger partial charge < -0.3 is 4.90 Å². The summed E-state index contributed by atoms with van der Waals surface area (Å²) in [5, 5.41) is 0. The zero-order valence-electron chi connectivity index (χ0n) is 39.4. The van der Waals surface area contributed by atoms with Gasteiger partial charge in [0.1, 0.15) is 0 Å². The average molecular weight is 868 g/mol. The number of fused-ring (bicyclic) bond motifs is 3. The number of aryl methyl sites for hydroxylation is 7. The zero-order chi connectivity index (χ0) is 45.6. The Balaban J connectivity index is 0.766. The Morgan fingerprint density at radius 2 is 0.582 bits per heavy atom. The summed E-state index contributed by atoms with van der Waals surface area (Å²) >= 11 is 0. The van der Waals surface area contributed by atoms with Crippen molar-refractivity contribution in [2.24, 2.45) is 0 Å². The standard InChI is InChI=1S/C66H61N/c1-48-20-26-51(27-21-48)12-4-6-14-53-30-44-60(45-31-53)67(59-42-24-50(3)25-43-59)61-46-32-54(33-47-61)15-7-5-13-52-28-34-55(35-29-52)56-36-40-58(41-37-56)66(57-38-22-49(2)23-39-57)64-18-10-8-16-62(64)63-17-9-11-19-65(63)66/h8-11,16-47H,4-7,12-15H2,1-3H3. The van der Waals surface area contributed by atoms with E-state index in [1.807, 2.05) is 0 Å². The monoisotopic (exact) mass is 867 g/mol. The van der Waals surface area contributed by atoms with E-state index in [-0.39, 0.29) is 5.41 Å². The van der Waals surface area contributed by atoms with Crippen LogP contribution >= 0.6 is 0 Å². The van der Waals surface area contributed by atoms with E-state index in [0.29, 0.717) is 0 Å². The van der Waals surface area contributed by atoms with Crippen molar-refractivity contribution < 1.29 is 0 Å². The van der Waals surface area contributed by atoms with Crippen molar-refractivity contribution in [3.63, 3.8) is 0 Å². The Labute approximate surface area is 399 Å². The number of hydrogen-bond donors (Lipinski definition) is 0. The zero-order valence-corrected chi connectivity index (χ0v) is 39.4. The quantitative estimate of drug-likeness (QED) is 0.0875. The molecule has 0 aromatic heterocycles. The van der Waals surface area contributed by atoms with Crippen molar-refractivity contribution >= 4 is 17.1 Å². The van der Waals surface area contributed by atoms with Gasteiger partial charge in [0, 0.05) is 17.1 Å². The molecule has 0 spiro atoms. The molecule has 0 saturated carbocycles. The van der Waals surface area contributed by atoms with E-state index in [1.54, 1.807) is 0 Å². The second-order valence-electron chi connectivity index (χ2n) is 18.9. The molecule has 0 saturated heterocycles. The molecule has 0 bridgehead atoms. The van der Waals surface area contributed by atoms with Crippen LogP contribution in [0.1, 0.15) is 86.9 Å². The Kier molecular flexibility index (Phi) is 12.8. The Morgan fingerprint density at radius 1 is 0.299 bits per heavy atom. The van der Waals surface area contributed by atoms with Gasteiger partial charge in [-0.3, -0.25) is 0 Å². The molecule has 1 aliphatic carbocycles. The first kappa shape index (κ1) is 43.7. The summed E-state index contributed by atoms with van der Waals surface area (Å²) in [4.78, 5) is 2.39. The summed E-state index contributed by atoms with van der Waals surface area (Å²) in [5.74, 6) is 0. The Bertz CT molecular complexity index is 2980. The molecule has 9 aromatic rings. The van der Waals surface area contributed by atoms with E-state index in [0.717, 1.165) is 38.5 Å².